The molecule has 2 heterocycles. The third kappa shape index (κ3) is 2.29. The molecule has 2 aromatic rings. The van der Waals surface area contributed by atoms with Gasteiger partial charge in [-0.3, -0.25) is 4.79 Å². The number of amides is 1. The number of aromatic nitrogens is 1. The lowest BCUT2D eigenvalue weighted by molar-refractivity contribution is -0.188. The number of hydrogen-bond donors (Lipinski definition) is 2. The Labute approximate surface area is 133 Å². The highest BCUT2D eigenvalue weighted by atomic mass is 19.4. The van der Waals surface area contributed by atoms with Crippen LogP contribution in [0.1, 0.15) is 23.0 Å². The number of benzene rings is 1. The van der Waals surface area contributed by atoms with Crippen LogP contribution in [0.4, 0.5) is 13.2 Å². The first-order valence-corrected chi connectivity index (χ1v) is 6.75. The molecule has 1 amide bonds. The summed E-state index contributed by atoms with van der Waals surface area (Å²) in [5, 5.41) is 11.8. The van der Waals surface area contributed by atoms with E-state index in [0.29, 0.717) is 17.8 Å². The van der Waals surface area contributed by atoms with Crippen molar-refractivity contribution in [3.8, 4) is 0 Å². The molecule has 0 saturated heterocycles. The Hall–Kier alpha value is -2.97. The van der Waals surface area contributed by atoms with Gasteiger partial charge in [0, 0.05) is 5.39 Å². The summed E-state index contributed by atoms with van der Waals surface area (Å²) in [5.74, 6) is -3.35. The quantitative estimate of drug-likeness (QED) is 0.876. The number of carbonyl (C=O) groups excluding carboxylic acids is 1. The van der Waals surface area contributed by atoms with Gasteiger partial charge in [0.05, 0.1) is 11.1 Å². The zero-order valence-electron chi connectivity index (χ0n) is 12.2. The fourth-order valence-electron chi connectivity index (χ4n) is 2.30. The van der Waals surface area contributed by atoms with Crippen molar-refractivity contribution in [3.63, 3.8) is 0 Å². The monoisotopic (exact) mass is 337 g/mol. The first-order valence-electron chi connectivity index (χ1n) is 6.75. The summed E-state index contributed by atoms with van der Waals surface area (Å²) in [6.07, 6.45) is -4.89. The van der Waals surface area contributed by atoms with Gasteiger partial charge in [-0.15, -0.1) is 0 Å². The summed E-state index contributed by atoms with van der Waals surface area (Å²) in [6, 6.07) is 7.79. The van der Waals surface area contributed by atoms with Crippen LogP contribution in [0.5, 0.6) is 0 Å². The standard InChI is InChI=1S/C15H10F3N3O3/c1-14(15(16,17)18)13(24)20-11(21-14)10-8(12(22)23)6-7-4-2-3-5-9(7)19-10/h2-6H,1H3,(H,22,23)(H,20,21,24). The molecule has 24 heavy (non-hydrogen) atoms. The molecule has 6 nitrogen and oxygen atoms in total. The Morgan fingerprint density at radius 3 is 2.54 bits per heavy atom. The van der Waals surface area contributed by atoms with Crippen LogP contribution < -0.4 is 5.32 Å². The molecular weight excluding hydrogens is 327 g/mol. The van der Waals surface area contributed by atoms with Crippen LogP contribution in [-0.2, 0) is 4.79 Å². The minimum Gasteiger partial charge on any atom is -0.478 e. The first kappa shape index (κ1) is 15.9. The van der Waals surface area contributed by atoms with Gasteiger partial charge in [-0.1, -0.05) is 18.2 Å². The number of aromatic carboxylic acids is 1. The maximum absolute atomic E-state index is 13.1. The van der Waals surface area contributed by atoms with E-state index in [0.717, 1.165) is 0 Å². The van der Waals surface area contributed by atoms with Crippen molar-refractivity contribution in [1.29, 1.82) is 0 Å². The molecule has 1 aliphatic rings. The van der Waals surface area contributed by atoms with Gasteiger partial charge >= 0.3 is 12.1 Å². The van der Waals surface area contributed by atoms with Gasteiger partial charge in [0.25, 0.3) is 5.91 Å². The number of halogens is 3. The van der Waals surface area contributed by atoms with Crippen LogP contribution in [0, 0.1) is 0 Å². The molecule has 1 aliphatic heterocycles. The SMILES string of the molecule is CC1(C(F)(F)F)NC(c2nc3ccccc3cc2C(=O)O)=NC1=O. The Bertz CT molecular complexity index is 908. The molecule has 3 rings (SSSR count). The molecule has 9 heteroatoms. The van der Waals surface area contributed by atoms with E-state index in [1.807, 2.05) is 5.32 Å². The van der Waals surface area contributed by atoms with Gasteiger partial charge in [0.2, 0.25) is 5.54 Å². The van der Waals surface area contributed by atoms with Crippen molar-refractivity contribution >= 4 is 28.6 Å². The number of nitrogens with zero attached hydrogens (tertiary/aromatic N) is 2. The van der Waals surface area contributed by atoms with Crippen LogP contribution in [0.25, 0.3) is 10.9 Å². The highest BCUT2D eigenvalue weighted by Gasteiger charge is 2.60. The molecule has 1 atom stereocenters. The summed E-state index contributed by atoms with van der Waals surface area (Å²) in [6.45, 7) is 0.646. The summed E-state index contributed by atoms with van der Waals surface area (Å²) in [4.78, 5) is 30.6. The number of nitrogens with one attached hydrogen (secondary N) is 1. The molecule has 1 aromatic carbocycles. The van der Waals surface area contributed by atoms with E-state index >= 15 is 0 Å². The summed E-state index contributed by atoms with van der Waals surface area (Å²) >= 11 is 0. The Balaban J connectivity index is 2.17. The van der Waals surface area contributed by atoms with E-state index in [1.165, 1.54) is 6.07 Å². The molecule has 0 fully saturated rings. The lowest BCUT2D eigenvalue weighted by Gasteiger charge is -2.25. The summed E-state index contributed by atoms with van der Waals surface area (Å²) in [7, 11) is 0. The number of carboxylic acid groups (broad SMARTS) is 1. The Kier molecular flexibility index (Phi) is 3.32. The summed E-state index contributed by atoms with van der Waals surface area (Å²) in [5.41, 5.74) is -3.21. The fourth-order valence-corrected chi connectivity index (χ4v) is 2.30. The lowest BCUT2D eigenvalue weighted by Crippen LogP contribution is -2.57. The zero-order chi connectivity index (χ0) is 17.7. The molecule has 0 bridgehead atoms. The van der Waals surface area contributed by atoms with Crippen molar-refractivity contribution < 1.29 is 27.9 Å². The van der Waals surface area contributed by atoms with Crippen molar-refractivity contribution in [3.05, 3.63) is 41.6 Å². The van der Waals surface area contributed by atoms with Crippen molar-refractivity contribution in [2.75, 3.05) is 0 Å². The number of carboxylic acids is 1. The van der Waals surface area contributed by atoms with Gasteiger partial charge in [0.15, 0.2) is 5.84 Å². The molecule has 0 aliphatic carbocycles. The number of carbonyl (C=O) groups is 2. The minimum absolute atomic E-state index is 0.317. The number of aliphatic imine (C=N–C) groups is 1. The Morgan fingerprint density at radius 1 is 1.29 bits per heavy atom. The molecule has 0 saturated carbocycles. The number of para-hydroxylation sites is 1. The average molecular weight is 337 g/mol. The normalized spacial score (nSPS) is 20.8. The van der Waals surface area contributed by atoms with Crippen LogP contribution in [-0.4, -0.2) is 39.5 Å². The van der Waals surface area contributed by atoms with Gasteiger partial charge < -0.3 is 10.4 Å². The molecule has 124 valence electrons. The van der Waals surface area contributed by atoms with Crippen LogP contribution >= 0.6 is 0 Å². The molecule has 0 radical (unpaired) electrons. The summed E-state index contributed by atoms with van der Waals surface area (Å²) < 4.78 is 39.3. The molecular formula is C15H10F3N3O3. The van der Waals surface area contributed by atoms with E-state index in [-0.39, 0.29) is 11.3 Å². The van der Waals surface area contributed by atoms with Crippen LogP contribution in [0.3, 0.4) is 0 Å². The maximum atomic E-state index is 13.1. The second kappa shape index (κ2) is 5.02. The Morgan fingerprint density at radius 2 is 1.96 bits per heavy atom. The number of hydrogen-bond acceptors (Lipinski definition) is 4. The predicted octanol–water partition coefficient (Wildman–Crippen LogP) is 2.13. The van der Waals surface area contributed by atoms with E-state index in [1.54, 1.807) is 24.3 Å². The first-order chi connectivity index (χ1) is 11.1. The third-order valence-electron chi connectivity index (χ3n) is 3.76. The third-order valence-corrected chi connectivity index (χ3v) is 3.76. The molecule has 1 unspecified atom stereocenters. The highest BCUT2D eigenvalue weighted by molar-refractivity contribution is 6.17. The zero-order valence-corrected chi connectivity index (χ0v) is 12.2. The van der Waals surface area contributed by atoms with Crippen LogP contribution in [0.2, 0.25) is 0 Å². The van der Waals surface area contributed by atoms with Gasteiger partial charge in [-0.25, -0.2) is 9.78 Å². The average Bonchev–Trinajstić information content (AvgIpc) is 2.82. The number of pyridine rings is 1. The van der Waals surface area contributed by atoms with E-state index in [4.69, 9.17) is 0 Å². The van der Waals surface area contributed by atoms with Crippen molar-refractivity contribution in [2.24, 2.45) is 4.99 Å². The van der Waals surface area contributed by atoms with E-state index < -0.39 is 29.4 Å². The number of alkyl halides is 3. The second-order valence-electron chi connectivity index (χ2n) is 5.40. The largest absolute Gasteiger partial charge is 0.478 e. The van der Waals surface area contributed by atoms with Crippen LogP contribution in [0.15, 0.2) is 35.3 Å². The van der Waals surface area contributed by atoms with Gasteiger partial charge in [-0.05, 0) is 19.1 Å². The number of fused-ring (bicyclic) bond motifs is 1. The number of rotatable bonds is 2. The van der Waals surface area contributed by atoms with E-state index in [9.17, 15) is 27.9 Å². The number of amidine groups is 1. The van der Waals surface area contributed by atoms with Crippen molar-refractivity contribution in [1.82, 2.24) is 10.3 Å². The minimum atomic E-state index is -4.89. The predicted molar refractivity (Wildman–Crippen MR) is 77.8 cm³/mol. The smallest absolute Gasteiger partial charge is 0.420 e. The highest BCUT2D eigenvalue weighted by Crippen LogP contribution is 2.34. The fraction of sp³-hybridized carbons (Fsp3) is 0.200. The van der Waals surface area contributed by atoms with Crippen molar-refractivity contribution in [2.45, 2.75) is 18.6 Å². The lowest BCUT2D eigenvalue weighted by atomic mass is 10.0. The topological polar surface area (TPSA) is 91.7 Å². The van der Waals surface area contributed by atoms with Gasteiger partial charge in [0.1, 0.15) is 5.69 Å². The molecule has 0 spiro atoms. The second-order valence-corrected chi connectivity index (χ2v) is 5.40. The van der Waals surface area contributed by atoms with Gasteiger partial charge in [-0.2, -0.15) is 18.2 Å². The van der Waals surface area contributed by atoms with E-state index in [2.05, 4.69) is 9.98 Å². The maximum Gasteiger partial charge on any atom is 0.420 e. The molecule has 1 aromatic heterocycles. The molecule has 2 N–H and O–H groups in total.